The number of benzene rings is 1. The standard InChI is InChI=1S/C14H17F3N2O/c15-14(16,17)11-6-4-10(5-7-11)13(20)19-9-12-3-1-2-8-18-12/h4-7,12,18H,1-3,8-9H2,(H,19,20). The van der Waals surface area contributed by atoms with Crippen LogP contribution in [0.3, 0.4) is 0 Å². The van der Waals surface area contributed by atoms with Crippen molar-refractivity contribution in [1.29, 1.82) is 0 Å². The van der Waals surface area contributed by atoms with Crippen molar-refractivity contribution in [2.45, 2.75) is 31.5 Å². The summed E-state index contributed by atoms with van der Waals surface area (Å²) in [6.07, 6.45) is -1.09. The van der Waals surface area contributed by atoms with Crippen molar-refractivity contribution in [3.05, 3.63) is 35.4 Å². The van der Waals surface area contributed by atoms with Crippen LogP contribution in [-0.4, -0.2) is 25.0 Å². The highest BCUT2D eigenvalue weighted by Crippen LogP contribution is 2.29. The van der Waals surface area contributed by atoms with Gasteiger partial charge in [-0.3, -0.25) is 4.79 Å². The molecule has 0 aliphatic carbocycles. The van der Waals surface area contributed by atoms with Gasteiger partial charge in [-0.1, -0.05) is 6.42 Å². The summed E-state index contributed by atoms with van der Waals surface area (Å²) < 4.78 is 37.2. The SMILES string of the molecule is O=C(NCC1CCCCN1)c1ccc(C(F)(F)F)cc1. The van der Waals surface area contributed by atoms with E-state index < -0.39 is 11.7 Å². The summed E-state index contributed by atoms with van der Waals surface area (Å²) in [6.45, 7) is 1.45. The molecule has 2 rings (SSSR count). The minimum atomic E-state index is -4.37. The largest absolute Gasteiger partial charge is 0.416 e. The topological polar surface area (TPSA) is 41.1 Å². The molecule has 1 aliphatic rings. The third-order valence-electron chi connectivity index (χ3n) is 3.40. The summed E-state index contributed by atoms with van der Waals surface area (Å²) >= 11 is 0. The minimum absolute atomic E-state index is 0.244. The molecule has 1 saturated heterocycles. The maximum absolute atomic E-state index is 12.4. The van der Waals surface area contributed by atoms with Crippen LogP contribution in [0.2, 0.25) is 0 Å². The number of carbonyl (C=O) groups is 1. The van der Waals surface area contributed by atoms with Crippen LogP contribution in [0.25, 0.3) is 0 Å². The minimum Gasteiger partial charge on any atom is -0.350 e. The summed E-state index contributed by atoms with van der Waals surface area (Å²) in [7, 11) is 0. The smallest absolute Gasteiger partial charge is 0.350 e. The molecule has 1 fully saturated rings. The third-order valence-corrected chi connectivity index (χ3v) is 3.40. The van der Waals surface area contributed by atoms with Gasteiger partial charge in [0.2, 0.25) is 0 Å². The van der Waals surface area contributed by atoms with E-state index in [2.05, 4.69) is 10.6 Å². The van der Waals surface area contributed by atoms with Gasteiger partial charge in [-0.25, -0.2) is 0 Å². The molecular weight excluding hydrogens is 269 g/mol. The molecule has 0 radical (unpaired) electrons. The monoisotopic (exact) mass is 286 g/mol. The fraction of sp³-hybridized carbons (Fsp3) is 0.500. The van der Waals surface area contributed by atoms with Crippen molar-refractivity contribution >= 4 is 5.91 Å². The van der Waals surface area contributed by atoms with Crippen molar-refractivity contribution < 1.29 is 18.0 Å². The molecule has 3 nitrogen and oxygen atoms in total. The van der Waals surface area contributed by atoms with E-state index in [-0.39, 0.29) is 17.5 Å². The van der Waals surface area contributed by atoms with Gasteiger partial charge >= 0.3 is 6.18 Å². The Labute approximate surface area is 115 Å². The van der Waals surface area contributed by atoms with E-state index in [4.69, 9.17) is 0 Å². The molecule has 6 heteroatoms. The van der Waals surface area contributed by atoms with Crippen LogP contribution in [-0.2, 0) is 6.18 Å². The van der Waals surface area contributed by atoms with Crippen LogP contribution < -0.4 is 10.6 Å². The van der Waals surface area contributed by atoms with Gasteiger partial charge in [0.15, 0.2) is 0 Å². The molecule has 1 aliphatic heterocycles. The Morgan fingerprint density at radius 2 is 1.95 bits per heavy atom. The number of rotatable bonds is 3. The summed E-state index contributed by atoms with van der Waals surface area (Å²) in [6, 6.07) is 4.50. The number of halogens is 3. The molecule has 0 aromatic heterocycles. The Kier molecular flexibility index (Phi) is 4.65. The molecular formula is C14H17F3N2O. The summed E-state index contributed by atoms with van der Waals surface area (Å²) in [5.41, 5.74) is -0.503. The van der Waals surface area contributed by atoms with Crippen LogP contribution in [0.15, 0.2) is 24.3 Å². The Morgan fingerprint density at radius 1 is 1.25 bits per heavy atom. The summed E-state index contributed by atoms with van der Waals surface area (Å²) in [5, 5.41) is 6.04. The second-order valence-corrected chi connectivity index (χ2v) is 4.93. The lowest BCUT2D eigenvalue weighted by atomic mass is 10.0. The normalized spacial score (nSPS) is 19.6. The molecule has 1 aromatic carbocycles. The maximum Gasteiger partial charge on any atom is 0.416 e. The van der Waals surface area contributed by atoms with E-state index in [0.717, 1.165) is 37.9 Å². The number of alkyl halides is 3. The van der Waals surface area contributed by atoms with Gasteiger partial charge < -0.3 is 10.6 Å². The highest BCUT2D eigenvalue weighted by molar-refractivity contribution is 5.94. The third kappa shape index (κ3) is 3.96. The highest BCUT2D eigenvalue weighted by Gasteiger charge is 2.30. The predicted octanol–water partition coefficient (Wildman–Crippen LogP) is 2.58. The van der Waals surface area contributed by atoms with Gasteiger partial charge in [0, 0.05) is 18.2 Å². The number of hydrogen-bond donors (Lipinski definition) is 2. The lowest BCUT2D eigenvalue weighted by Gasteiger charge is -2.23. The van der Waals surface area contributed by atoms with E-state index in [1.807, 2.05) is 0 Å². The molecule has 0 bridgehead atoms. The predicted molar refractivity (Wildman–Crippen MR) is 69.4 cm³/mol. The van der Waals surface area contributed by atoms with Gasteiger partial charge in [-0.05, 0) is 43.7 Å². The van der Waals surface area contributed by atoms with E-state index in [1.54, 1.807) is 0 Å². The number of carbonyl (C=O) groups excluding carboxylic acids is 1. The molecule has 0 saturated carbocycles. The Hall–Kier alpha value is -1.56. The average Bonchev–Trinajstić information content (AvgIpc) is 2.45. The first kappa shape index (κ1) is 14.8. The second kappa shape index (κ2) is 6.26. The fourth-order valence-electron chi connectivity index (χ4n) is 2.23. The summed E-state index contributed by atoms with van der Waals surface area (Å²) in [4.78, 5) is 11.8. The van der Waals surface area contributed by atoms with Crippen LogP contribution >= 0.6 is 0 Å². The van der Waals surface area contributed by atoms with Gasteiger partial charge in [-0.2, -0.15) is 13.2 Å². The van der Waals surface area contributed by atoms with Crippen LogP contribution in [0.1, 0.15) is 35.2 Å². The molecule has 110 valence electrons. The van der Waals surface area contributed by atoms with Crippen molar-refractivity contribution in [2.75, 3.05) is 13.1 Å². The number of hydrogen-bond acceptors (Lipinski definition) is 2. The van der Waals surface area contributed by atoms with Crippen LogP contribution in [0, 0.1) is 0 Å². The average molecular weight is 286 g/mol. The first-order valence-electron chi connectivity index (χ1n) is 6.65. The molecule has 0 spiro atoms. The van der Waals surface area contributed by atoms with E-state index in [9.17, 15) is 18.0 Å². The van der Waals surface area contributed by atoms with Gasteiger partial charge in [0.1, 0.15) is 0 Å². The van der Waals surface area contributed by atoms with Crippen LogP contribution in [0.5, 0.6) is 0 Å². The van der Waals surface area contributed by atoms with Crippen molar-refractivity contribution in [3.8, 4) is 0 Å². The quantitative estimate of drug-likeness (QED) is 0.896. The molecule has 1 heterocycles. The molecule has 1 aromatic rings. The van der Waals surface area contributed by atoms with Gasteiger partial charge in [0.05, 0.1) is 5.56 Å². The van der Waals surface area contributed by atoms with E-state index in [1.165, 1.54) is 12.1 Å². The van der Waals surface area contributed by atoms with E-state index >= 15 is 0 Å². The fourth-order valence-corrected chi connectivity index (χ4v) is 2.23. The highest BCUT2D eigenvalue weighted by atomic mass is 19.4. The first-order chi connectivity index (χ1) is 9.47. The van der Waals surface area contributed by atoms with Crippen molar-refractivity contribution in [2.24, 2.45) is 0 Å². The molecule has 20 heavy (non-hydrogen) atoms. The zero-order chi connectivity index (χ0) is 14.6. The Morgan fingerprint density at radius 3 is 2.50 bits per heavy atom. The number of nitrogens with one attached hydrogen (secondary N) is 2. The van der Waals surface area contributed by atoms with Gasteiger partial charge in [-0.15, -0.1) is 0 Å². The lowest BCUT2D eigenvalue weighted by Crippen LogP contribution is -2.43. The summed E-state index contributed by atoms with van der Waals surface area (Å²) in [5.74, 6) is -0.342. The molecule has 1 amide bonds. The zero-order valence-corrected chi connectivity index (χ0v) is 11.0. The van der Waals surface area contributed by atoms with Crippen molar-refractivity contribution in [3.63, 3.8) is 0 Å². The van der Waals surface area contributed by atoms with Gasteiger partial charge in [0.25, 0.3) is 5.91 Å². The number of piperidine rings is 1. The maximum atomic E-state index is 12.4. The number of amides is 1. The molecule has 1 atom stereocenters. The second-order valence-electron chi connectivity index (χ2n) is 4.93. The van der Waals surface area contributed by atoms with E-state index in [0.29, 0.717) is 6.54 Å². The first-order valence-corrected chi connectivity index (χ1v) is 6.65. The Bertz CT molecular complexity index is 450. The zero-order valence-electron chi connectivity index (χ0n) is 11.0. The van der Waals surface area contributed by atoms with Crippen molar-refractivity contribution in [1.82, 2.24) is 10.6 Å². The van der Waals surface area contributed by atoms with Crippen LogP contribution in [0.4, 0.5) is 13.2 Å². The Balaban J connectivity index is 1.89. The molecule has 1 unspecified atom stereocenters. The lowest BCUT2D eigenvalue weighted by molar-refractivity contribution is -0.137. The molecule has 2 N–H and O–H groups in total.